The van der Waals surface area contributed by atoms with Crippen LogP contribution in [-0.4, -0.2) is 31.1 Å². The summed E-state index contributed by atoms with van der Waals surface area (Å²) in [5.74, 6) is 0.940. The molecule has 2 aliphatic heterocycles. The molecule has 3 rings (SSSR count). The van der Waals surface area contributed by atoms with E-state index in [2.05, 4.69) is 34.6 Å². The van der Waals surface area contributed by atoms with Gasteiger partial charge in [0.25, 0.3) is 0 Å². The lowest BCUT2D eigenvalue weighted by atomic mass is 10.1. The predicted molar refractivity (Wildman–Crippen MR) is 73.0 cm³/mol. The molecule has 2 unspecified atom stereocenters. The summed E-state index contributed by atoms with van der Waals surface area (Å²) >= 11 is 0. The van der Waals surface area contributed by atoms with Gasteiger partial charge in [-0.15, -0.1) is 0 Å². The summed E-state index contributed by atoms with van der Waals surface area (Å²) < 4.78 is 5.99. The van der Waals surface area contributed by atoms with Crippen LogP contribution < -0.4 is 5.32 Å². The molecule has 1 N–H and O–H groups in total. The summed E-state index contributed by atoms with van der Waals surface area (Å²) in [6.45, 7) is 1.90. The highest BCUT2D eigenvalue weighted by molar-refractivity contribution is 5.83. The molecular weight excluding hydrogens is 224 g/mol. The molecule has 2 heterocycles. The van der Waals surface area contributed by atoms with Crippen molar-refractivity contribution in [3.63, 3.8) is 0 Å². The molecule has 96 valence electrons. The van der Waals surface area contributed by atoms with Gasteiger partial charge < -0.3 is 10.1 Å². The van der Waals surface area contributed by atoms with E-state index in [0.717, 1.165) is 31.8 Å². The largest absolute Gasteiger partial charge is 0.474 e. The van der Waals surface area contributed by atoms with Gasteiger partial charge in [0.1, 0.15) is 6.10 Å². The molecule has 3 heteroatoms. The van der Waals surface area contributed by atoms with Gasteiger partial charge in [-0.05, 0) is 24.9 Å². The van der Waals surface area contributed by atoms with Crippen molar-refractivity contribution >= 4 is 5.90 Å². The van der Waals surface area contributed by atoms with E-state index < -0.39 is 0 Å². The summed E-state index contributed by atoms with van der Waals surface area (Å²) in [7, 11) is 0. The van der Waals surface area contributed by atoms with Crippen LogP contribution in [0.1, 0.15) is 24.8 Å². The number of piperidine rings is 1. The average molecular weight is 244 g/mol. The van der Waals surface area contributed by atoms with E-state index in [0.29, 0.717) is 6.04 Å². The Morgan fingerprint density at radius 3 is 2.89 bits per heavy atom. The quantitative estimate of drug-likeness (QED) is 0.884. The Kier molecular flexibility index (Phi) is 3.60. The Hall–Kier alpha value is -1.35. The minimum absolute atomic E-state index is 0.228. The minimum Gasteiger partial charge on any atom is -0.474 e. The maximum atomic E-state index is 5.99. The van der Waals surface area contributed by atoms with E-state index in [1.54, 1.807) is 0 Å². The van der Waals surface area contributed by atoms with Crippen LogP contribution in [0.5, 0.6) is 0 Å². The van der Waals surface area contributed by atoms with Gasteiger partial charge in [-0.3, -0.25) is 4.99 Å². The maximum absolute atomic E-state index is 5.99. The van der Waals surface area contributed by atoms with Crippen molar-refractivity contribution in [1.82, 2.24) is 5.32 Å². The summed E-state index contributed by atoms with van der Waals surface area (Å²) in [6, 6.07) is 10.9. The first-order valence-corrected chi connectivity index (χ1v) is 6.90. The van der Waals surface area contributed by atoms with Gasteiger partial charge in [-0.25, -0.2) is 0 Å². The van der Waals surface area contributed by atoms with Gasteiger partial charge in [0.05, 0.1) is 12.6 Å². The number of nitrogens with zero attached hydrogens (tertiary/aromatic N) is 1. The van der Waals surface area contributed by atoms with Crippen LogP contribution in [0.2, 0.25) is 0 Å². The third-order valence-electron chi connectivity index (χ3n) is 3.65. The van der Waals surface area contributed by atoms with Crippen LogP contribution in [0, 0.1) is 0 Å². The molecule has 0 aromatic heterocycles. The summed E-state index contributed by atoms with van der Waals surface area (Å²) in [5.41, 5.74) is 1.33. The fraction of sp³-hybridized carbons (Fsp3) is 0.533. The first-order chi connectivity index (χ1) is 8.92. The van der Waals surface area contributed by atoms with Crippen LogP contribution in [-0.2, 0) is 11.2 Å². The summed E-state index contributed by atoms with van der Waals surface area (Å²) in [6.07, 6.45) is 4.91. The topological polar surface area (TPSA) is 33.6 Å². The van der Waals surface area contributed by atoms with Gasteiger partial charge in [-0.2, -0.15) is 0 Å². The highest BCUT2D eigenvalue weighted by Crippen LogP contribution is 2.17. The molecule has 2 aliphatic rings. The zero-order chi connectivity index (χ0) is 12.2. The smallest absolute Gasteiger partial charge is 0.201 e. The zero-order valence-electron chi connectivity index (χ0n) is 10.6. The van der Waals surface area contributed by atoms with Gasteiger partial charge >= 0.3 is 0 Å². The number of hydrogen-bond acceptors (Lipinski definition) is 3. The standard InChI is InChI=1S/C15H20N2O/c1-2-6-12(7-3-1)10-13-11-17-15(18-13)14-8-4-5-9-16-14/h1-3,6-7,13-14,16H,4-5,8-11H2. The number of rotatable bonds is 3. The third kappa shape index (κ3) is 2.72. The van der Waals surface area contributed by atoms with Crippen LogP contribution in [0.25, 0.3) is 0 Å². The van der Waals surface area contributed by atoms with Crippen molar-refractivity contribution in [2.45, 2.75) is 37.8 Å². The Bertz CT molecular complexity index is 410. The SMILES string of the molecule is c1ccc(CC2CN=C(C3CCCCN3)O2)cc1. The number of ether oxygens (including phenoxy) is 1. The van der Waals surface area contributed by atoms with Crippen LogP contribution in [0.15, 0.2) is 35.3 Å². The summed E-state index contributed by atoms with van der Waals surface area (Å²) in [4.78, 5) is 4.57. The lowest BCUT2D eigenvalue weighted by molar-refractivity contribution is 0.209. The molecule has 2 atom stereocenters. The van der Waals surface area contributed by atoms with Crippen LogP contribution in [0.3, 0.4) is 0 Å². The molecule has 0 spiro atoms. The molecule has 18 heavy (non-hydrogen) atoms. The van der Waals surface area contributed by atoms with Crippen LogP contribution >= 0.6 is 0 Å². The average Bonchev–Trinajstić information content (AvgIpc) is 2.89. The number of aliphatic imine (C=N–C) groups is 1. The molecule has 0 bridgehead atoms. The fourth-order valence-corrected chi connectivity index (χ4v) is 2.68. The number of hydrogen-bond donors (Lipinski definition) is 1. The Labute approximate surface area is 108 Å². The highest BCUT2D eigenvalue weighted by Gasteiger charge is 2.27. The Morgan fingerprint density at radius 1 is 1.22 bits per heavy atom. The first-order valence-electron chi connectivity index (χ1n) is 6.90. The first kappa shape index (κ1) is 11.7. The van der Waals surface area contributed by atoms with E-state index in [-0.39, 0.29) is 6.10 Å². The van der Waals surface area contributed by atoms with Gasteiger partial charge in [0, 0.05) is 6.42 Å². The normalized spacial score (nSPS) is 27.7. The van der Waals surface area contributed by atoms with Crippen molar-refractivity contribution in [2.24, 2.45) is 4.99 Å². The molecule has 0 radical (unpaired) electrons. The Morgan fingerprint density at radius 2 is 2.11 bits per heavy atom. The lowest BCUT2D eigenvalue weighted by Crippen LogP contribution is -2.41. The van der Waals surface area contributed by atoms with Crippen LogP contribution in [0.4, 0.5) is 0 Å². The number of nitrogens with one attached hydrogen (secondary N) is 1. The van der Waals surface area contributed by atoms with Gasteiger partial charge in [-0.1, -0.05) is 36.8 Å². The van der Waals surface area contributed by atoms with Crippen molar-refractivity contribution in [3.8, 4) is 0 Å². The molecule has 1 saturated heterocycles. The van der Waals surface area contributed by atoms with Crippen molar-refractivity contribution in [1.29, 1.82) is 0 Å². The van der Waals surface area contributed by atoms with Crippen molar-refractivity contribution in [3.05, 3.63) is 35.9 Å². The highest BCUT2D eigenvalue weighted by atomic mass is 16.5. The van der Waals surface area contributed by atoms with Crippen molar-refractivity contribution < 1.29 is 4.74 Å². The van der Waals surface area contributed by atoms with E-state index in [1.165, 1.54) is 18.4 Å². The molecule has 3 nitrogen and oxygen atoms in total. The Balaban J connectivity index is 1.54. The molecule has 1 aromatic carbocycles. The third-order valence-corrected chi connectivity index (χ3v) is 3.65. The minimum atomic E-state index is 0.228. The molecule has 1 aromatic rings. The zero-order valence-corrected chi connectivity index (χ0v) is 10.6. The molecule has 0 saturated carbocycles. The van der Waals surface area contributed by atoms with Gasteiger partial charge in [0.15, 0.2) is 0 Å². The molecular formula is C15H20N2O. The fourth-order valence-electron chi connectivity index (χ4n) is 2.68. The molecule has 0 amide bonds. The molecule has 0 aliphatic carbocycles. The second kappa shape index (κ2) is 5.53. The van der Waals surface area contributed by atoms with Crippen molar-refractivity contribution in [2.75, 3.05) is 13.1 Å². The second-order valence-corrected chi connectivity index (χ2v) is 5.11. The van der Waals surface area contributed by atoms with E-state index in [1.807, 2.05) is 6.07 Å². The monoisotopic (exact) mass is 244 g/mol. The van der Waals surface area contributed by atoms with E-state index in [4.69, 9.17) is 4.74 Å². The molecule has 1 fully saturated rings. The lowest BCUT2D eigenvalue weighted by Gasteiger charge is -2.23. The maximum Gasteiger partial charge on any atom is 0.201 e. The summed E-state index contributed by atoms with van der Waals surface area (Å²) in [5, 5.41) is 3.49. The van der Waals surface area contributed by atoms with E-state index >= 15 is 0 Å². The number of benzene rings is 1. The second-order valence-electron chi connectivity index (χ2n) is 5.11. The van der Waals surface area contributed by atoms with E-state index in [9.17, 15) is 0 Å². The van der Waals surface area contributed by atoms with Gasteiger partial charge in [0.2, 0.25) is 5.90 Å². The predicted octanol–water partition coefficient (Wildman–Crippen LogP) is 2.17.